The van der Waals surface area contributed by atoms with Gasteiger partial charge in [0.15, 0.2) is 0 Å². The zero-order valence-corrected chi connectivity index (χ0v) is 12.5. The van der Waals surface area contributed by atoms with E-state index in [9.17, 15) is 4.79 Å². The first kappa shape index (κ1) is 14.8. The molecule has 110 valence electrons. The zero-order valence-electron chi connectivity index (χ0n) is 12.5. The number of aryl methyl sites for hydroxylation is 2. The van der Waals surface area contributed by atoms with E-state index in [0.29, 0.717) is 23.3 Å². The highest BCUT2D eigenvalue weighted by molar-refractivity contribution is 5.99. The van der Waals surface area contributed by atoms with Crippen LogP contribution in [-0.2, 0) is 0 Å². The number of carbonyl (C=O) groups is 1. The number of anilines is 1. The molecule has 1 aromatic rings. The van der Waals surface area contributed by atoms with Gasteiger partial charge in [0.2, 0.25) is 0 Å². The summed E-state index contributed by atoms with van der Waals surface area (Å²) in [7, 11) is 2.01. The van der Waals surface area contributed by atoms with Gasteiger partial charge in [-0.05, 0) is 52.6 Å². The Bertz CT molecular complexity index is 493. The molecule has 4 N–H and O–H groups in total. The third kappa shape index (κ3) is 3.28. The lowest BCUT2D eigenvalue weighted by Crippen LogP contribution is -2.35. The van der Waals surface area contributed by atoms with Crippen molar-refractivity contribution >= 4 is 11.6 Å². The van der Waals surface area contributed by atoms with Crippen LogP contribution >= 0.6 is 0 Å². The molecule has 1 fully saturated rings. The third-order valence-corrected chi connectivity index (χ3v) is 4.07. The van der Waals surface area contributed by atoms with E-state index in [1.165, 1.54) is 0 Å². The highest BCUT2D eigenvalue weighted by Crippen LogP contribution is 2.25. The standard InChI is InChI=1S/C15H24N4O/c1-9-8-13(14(15(16)20)10(2)18-9)19-12-6-4-11(17-3)5-7-12/h8,11-12,17H,4-7H2,1-3H3,(H2,16,20)(H,18,19). The lowest BCUT2D eigenvalue weighted by atomic mass is 9.91. The molecule has 0 saturated heterocycles. The number of rotatable bonds is 4. The quantitative estimate of drug-likeness (QED) is 0.782. The second kappa shape index (κ2) is 6.22. The van der Waals surface area contributed by atoms with Gasteiger partial charge in [-0.3, -0.25) is 9.78 Å². The number of primary amides is 1. The Balaban J connectivity index is 2.15. The molecule has 0 atom stereocenters. The number of pyridine rings is 1. The van der Waals surface area contributed by atoms with Crippen molar-refractivity contribution in [1.82, 2.24) is 10.3 Å². The highest BCUT2D eigenvalue weighted by Gasteiger charge is 2.22. The van der Waals surface area contributed by atoms with Gasteiger partial charge in [0.05, 0.1) is 16.9 Å². The van der Waals surface area contributed by atoms with Crippen LogP contribution in [0.2, 0.25) is 0 Å². The number of amides is 1. The number of carbonyl (C=O) groups excluding carboxylic acids is 1. The van der Waals surface area contributed by atoms with Crippen molar-refractivity contribution in [3.8, 4) is 0 Å². The molecule has 0 aromatic carbocycles. The van der Waals surface area contributed by atoms with Crippen LogP contribution in [0.5, 0.6) is 0 Å². The van der Waals surface area contributed by atoms with Gasteiger partial charge in [-0.2, -0.15) is 0 Å². The molecule has 0 radical (unpaired) electrons. The molecule has 1 saturated carbocycles. The molecule has 1 aliphatic carbocycles. The smallest absolute Gasteiger partial charge is 0.252 e. The average molecular weight is 276 g/mol. The second-order valence-corrected chi connectivity index (χ2v) is 5.62. The maximum Gasteiger partial charge on any atom is 0.252 e. The molecule has 1 amide bonds. The molecular formula is C15H24N4O. The number of nitrogens with zero attached hydrogens (tertiary/aromatic N) is 1. The van der Waals surface area contributed by atoms with Crippen LogP contribution in [0.4, 0.5) is 5.69 Å². The Labute approximate surface area is 120 Å². The summed E-state index contributed by atoms with van der Waals surface area (Å²) in [5, 5.41) is 6.81. The number of hydrogen-bond donors (Lipinski definition) is 3. The van der Waals surface area contributed by atoms with Gasteiger partial charge in [0.1, 0.15) is 0 Å². The highest BCUT2D eigenvalue weighted by atomic mass is 16.1. The van der Waals surface area contributed by atoms with Crippen molar-refractivity contribution in [3.05, 3.63) is 23.0 Å². The SMILES string of the molecule is CNC1CCC(Nc2cc(C)nc(C)c2C(N)=O)CC1. The minimum Gasteiger partial charge on any atom is -0.382 e. The predicted octanol–water partition coefficient (Wildman–Crippen LogP) is 1.74. The summed E-state index contributed by atoms with van der Waals surface area (Å²) in [6.45, 7) is 3.76. The van der Waals surface area contributed by atoms with E-state index < -0.39 is 5.91 Å². The summed E-state index contributed by atoms with van der Waals surface area (Å²) in [6, 6.07) is 2.93. The van der Waals surface area contributed by atoms with Crippen LogP contribution in [0.1, 0.15) is 47.4 Å². The van der Waals surface area contributed by atoms with Gasteiger partial charge < -0.3 is 16.4 Å². The van der Waals surface area contributed by atoms with Crippen molar-refractivity contribution in [1.29, 1.82) is 0 Å². The fourth-order valence-corrected chi connectivity index (χ4v) is 3.00. The van der Waals surface area contributed by atoms with E-state index in [2.05, 4.69) is 15.6 Å². The van der Waals surface area contributed by atoms with E-state index in [1.54, 1.807) is 0 Å². The first-order valence-electron chi connectivity index (χ1n) is 7.23. The fraction of sp³-hybridized carbons (Fsp3) is 0.600. The largest absolute Gasteiger partial charge is 0.382 e. The first-order valence-corrected chi connectivity index (χ1v) is 7.23. The van der Waals surface area contributed by atoms with Crippen molar-refractivity contribution in [3.63, 3.8) is 0 Å². The van der Waals surface area contributed by atoms with Gasteiger partial charge in [-0.25, -0.2) is 0 Å². The summed E-state index contributed by atoms with van der Waals surface area (Å²) in [4.78, 5) is 15.9. The number of hydrogen-bond acceptors (Lipinski definition) is 4. The van der Waals surface area contributed by atoms with Gasteiger partial charge in [-0.1, -0.05) is 0 Å². The minimum absolute atomic E-state index is 0.402. The summed E-state index contributed by atoms with van der Waals surface area (Å²) in [5.41, 5.74) is 8.43. The van der Waals surface area contributed by atoms with Crippen LogP contribution in [0.25, 0.3) is 0 Å². The van der Waals surface area contributed by atoms with Crippen LogP contribution in [0.15, 0.2) is 6.07 Å². The van der Waals surface area contributed by atoms with E-state index in [1.807, 2.05) is 27.0 Å². The van der Waals surface area contributed by atoms with Crippen molar-refractivity contribution < 1.29 is 4.79 Å². The molecule has 5 nitrogen and oxygen atoms in total. The Kier molecular flexibility index (Phi) is 4.60. The number of aromatic nitrogens is 1. The van der Waals surface area contributed by atoms with Crippen LogP contribution < -0.4 is 16.4 Å². The van der Waals surface area contributed by atoms with E-state index in [4.69, 9.17) is 5.73 Å². The normalized spacial score (nSPS) is 22.6. The Morgan fingerprint density at radius 1 is 1.25 bits per heavy atom. The Hall–Kier alpha value is -1.62. The second-order valence-electron chi connectivity index (χ2n) is 5.62. The Morgan fingerprint density at radius 2 is 1.85 bits per heavy atom. The summed E-state index contributed by atoms with van der Waals surface area (Å²) < 4.78 is 0. The molecule has 0 aliphatic heterocycles. The molecule has 0 bridgehead atoms. The first-order chi connectivity index (χ1) is 9.51. The molecule has 1 aromatic heterocycles. The van der Waals surface area contributed by atoms with Crippen LogP contribution in [0, 0.1) is 13.8 Å². The molecule has 1 aliphatic rings. The van der Waals surface area contributed by atoms with Gasteiger partial charge >= 0.3 is 0 Å². The molecular weight excluding hydrogens is 252 g/mol. The van der Waals surface area contributed by atoms with Gasteiger partial charge in [0.25, 0.3) is 5.91 Å². The van der Waals surface area contributed by atoms with Crippen molar-refractivity contribution in [2.45, 2.75) is 51.6 Å². The topological polar surface area (TPSA) is 80.0 Å². The van der Waals surface area contributed by atoms with Gasteiger partial charge in [0, 0.05) is 17.8 Å². The van der Waals surface area contributed by atoms with Crippen molar-refractivity contribution in [2.24, 2.45) is 5.73 Å². The fourth-order valence-electron chi connectivity index (χ4n) is 3.00. The molecule has 0 spiro atoms. The predicted molar refractivity (Wildman–Crippen MR) is 81.0 cm³/mol. The van der Waals surface area contributed by atoms with Gasteiger partial charge in [-0.15, -0.1) is 0 Å². The van der Waals surface area contributed by atoms with Crippen LogP contribution in [-0.4, -0.2) is 30.0 Å². The monoisotopic (exact) mass is 276 g/mol. The molecule has 5 heteroatoms. The van der Waals surface area contributed by atoms with E-state index in [-0.39, 0.29) is 0 Å². The third-order valence-electron chi connectivity index (χ3n) is 4.07. The maximum absolute atomic E-state index is 11.6. The number of nitrogens with one attached hydrogen (secondary N) is 2. The summed E-state index contributed by atoms with van der Waals surface area (Å²) >= 11 is 0. The molecule has 1 heterocycles. The average Bonchev–Trinajstić information content (AvgIpc) is 2.38. The van der Waals surface area contributed by atoms with E-state index >= 15 is 0 Å². The maximum atomic E-state index is 11.6. The summed E-state index contributed by atoms with van der Waals surface area (Å²) in [6.07, 6.45) is 4.51. The van der Waals surface area contributed by atoms with E-state index in [0.717, 1.165) is 37.1 Å². The zero-order chi connectivity index (χ0) is 14.7. The molecule has 0 unspecified atom stereocenters. The van der Waals surface area contributed by atoms with Crippen molar-refractivity contribution in [2.75, 3.05) is 12.4 Å². The molecule has 20 heavy (non-hydrogen) atoms. The van der Waals surface area contributed by atoms with Crippen LogP contribution in [0.3, 0.4) is 0 Å². The molecule has 2 rings (SSSR count). The lowest BCUT2D eigenvalue weighted by molar-refractivity contribution is 0.1000. The minimum atomic E-state index is -0.415. The summed E-state index contributed by atoms with van der Waals surface area (Å²) in [5.74, 6) is -0.415. The lowest BCUT2D eigenvalue weighted by Gasteiger charge is -2.30. The number of nitrogens with two attached hydrogens (primary N) is 1. The Morgan fingerprint density at radius 3 is 2.40 bits per heavy atom.